The number of nitriles is 1. The number of nitrogens with zero attached hydrogens (tertiary/aromatic N) is 3. The molecule has 0 fully saturated rings. The van der Waals surface area contributed by atoms with Crippen molar-refractivity contribution in [1.82, 2.24) is 9.97 Å². The molecule has 2 amide bonds. The van der Waals surface area contributed by atoms with E-state index in [1.165, 1.54) is 43.3 Å². The lowest BCUT2D eigenvalue weighted by Crippen LogP contribution is -2.17. The number of anilines is 1. The fourth-order valence-corrected chi connectivity index (χ4v) is 2.62. The summed E-state index contributed by atoms with van der Waals surface area (Å²) in [6.07, 6.45) is -4.22. The SMILES string of the molecule is Cc1nc(C#N)ccc1Oc1ncc(C(F)(F)F)cc1C(=O)Nc1cccc(C(N)=O)c1. The van der Waals surface area contributed by atoms with Crippen molar-refractivity contribution in [3.63, 3.8) is 0 Å². The van der Waals surface area contributed by atoms with Gasteiger partial charge in [-0.3, -0.25) is 9.59 Å². The number of ether oxygens (including phenoxy) is 1. The Balaban J connectivity index is 2.00. The third-order valence-electron chi connectivity index (χ3n) is 4.19. The van der Waals surface area contributed by atoms with E-state index >= 15 is 0 Å². The number of carbonyl (C=O) groups is 2. The molecule has 2 aromatic heterocycles. The van der Waals surface area contributed by atoms with Gasteiger partial charge in [0.05, 0.1) is 11.3 Å². The highest BCUT2D eigenvalue weighted by atomic mass is 19.4. The summed E-state index contributed by atoms with van der Waals surface area (Å²) >= 11 is 0. The molecule has 0 bridgehead atoms. The minimum Gasteiger partial charge on any atom is -0.436 e. The Labute approximate surface area is 179 Å². The minimum atomic E-state index is -4.75. The Kier molecular flexibility index (Phi) is 6.06. The Morgan fingerprint density at radius 2 is 1.94 bits per heavy atom. The molecule has 2 heterocycles. The summed E-state index contributed by atoms with van der Waals surface area (Å²) in [6, 6.07) is 10.8. The molecule has 0 atom stereocenters. The van der Waals surface area contributed by atoms with Crippen molar-refractivity contribution >= 4 is 17.5 Å². The van der Waals surface area contributed by atoms with Gasteiger partial charge < -0.3 is 15.8 Å². The highest BCUT2D eigenvalue weighted by molar-refractivity contribution is 6.06. The fourth-order valence-electron chi connectivity index (χ4n) is 2.62. The first-order valence-corrected chi connectivity index (χ1v) is 8.92. The molecular weight excluding hydrogens is 427 g/mol. The van der Waals surface area contributed by atoms with E-state index in [-0.39, 0.29) is 28.4 Å². The number of aryl methyl sites for hydroxylation is 1. The molecule has 0 aliphatic rings. The molecule has 3 rings (SSSR count). The summed E-state index contributed by atoms with van der Waals surface area (Å²) < 4.78 is 45.1. The van der Waals surface area contributed by atoms with Crippen molar-refractivity contribution in [2.24, 2.45) is 5.73 Å². The van der Waals surface area contributed by atoms with Gasteiger partial charge in [-0.25, -0.2) is 9.97 Å². The van der Waals surface area contributed by atoms with Crippen molar-refractivity contribution in [3.8, 4) is 17.7 Å². The summed E-state index contributed by atoms with van der Waals surface area (Å²) in [5.41, 5.74) is 4.15. The summed E-state index contributed by atoms with van der Waals surface area (Å²) in [6.45, 7) is 1.52. The molecule has 3 N–H and O–H groups in total. The van der Waals surface area contributed by atoms with Gasteiger partial charge in [0.1, 0.15) is 17.3 Å². The third kappa shape index (κ3) is 4.99. The number of amides is 2. The number of pyridine rings is 2. The summed E-state index contributed by atoms with van der Waals surface area (Å²) in [5.74, 6) is -2.01. The molecular formula is C21H14F3N5O3. The molecule has 0 saturated heterocycles. The summed E-state index contributed by atoms with van der Waals surface area (Å²) in [7, 11) is 0. The summed E-state index contributed by atoms with van der Waals surface area (Å²) in [5, 5.41) is 11.3. The smallest absolute Gasteiger partial charge is 0.417 e. The van der Waals surface area contributed by atoms with Gasteiger partial charge >= 0.3 is 6.18 Å². The highest BCUT2D eigenvalue weighted by Crippen LogP contribution is 2.33. The number of nitrogens with two attached hydrogens (primary N) is 1. The number of nitrogens with one attached hydrogen (secondary N) is 1. The average molecular weight is 441 g/mol. The van der Waals surface area contributed by atoms with Crippen LogP contribution < -0.4 is 15.8 Å². The van der Waals surface area contributed by atoms with Gasteiger partial charge in [0.15, 0.2) is 5.75 Å². The molecule has 0 aliphatic heterocycles. The first-order valence-electron chi connectivity index (χ1n) is 8.92. The van der Waals surface area contributed by atoms with E-state index in [4.69, 9.17) is 15.7 Å². The fraction of sp³-hybridized carbons (Fsp3) is 0.0952. The van der Waals surface area contributed by atoms with Crippen LogP contribution in [0.5, 0.6) is 11.6 Å². The molecule has 8 nitrogen and oxygen atoms in total. The van der Waals surface area contributed by atoms with Gasteiger partial charge in [-0.05, 0) is 43.3 Å². The third-order valence-corrected chi connectivity index (χ3v) is 4.19. The van der Waals surface area contributed by atoms with Crippen LogP contribution >= 0.6 is 0 Å². The van der Waals surface area contributed by atoms with Crippen molar-refractivity contribution in [1.29, 1.82) is 5.26 Å². The molecule has 11 heteroatoms. The predicted octanol–water partition coefficient (Wildman–Crippen LogP) is 3.82. The average Bonchev–Trinajstić information content (AvgIpc) is 2.74. The van der Waals surface area contributed by atoms with Crippen LogP contribution in [0.1, 0.15) is 37.7 Å². The number of rotatable bonds is 5. The van der Waals surface area contributed by atoms with Gasteiger partial charge in [0.2, 0.25) is 11.8 Å². The van der Waals surface area contributed by atoms with Gasteiger partial charge in [-0.15, -0.1) is 0 Å². The number of carbonyl (C=O) groups excluding carboxylic acids is 2. The van der Waals surface area contributed by atoms with Crippen molar-refractivity contribution in [2.75, 3.05) is 5.32 Å². The van der Waals surface area contributed by atoms with E-state index in [1.54, 1.807) is 0 Å². The Morgan fingerprint density at radius 3 is 2.56 bits per heavy atom. The zero-order valence-corrected chi connectivity index (χ0v) is 16.4. The molecule has 32 heavy (non-hydrogen) atoms. The molecule has 3 aromatic rings. The van der Waals surface area contributed by atoms with Gasteiger partial charge in [0.25, 0.3) is 5.91 Å². The molecule has 0 radical (unpaired) electrons. The molecule has 0 saturated carbocycles. The molecule has 162 valence electrons. The Hall–Kier alpha value is -4.46. The number of alkyl halides is 3. The molecule has 0 aliphatic carbocycles. The number of hydrogen-bond donors (Lipinski definition) is 2. The maximum Gasteiger partial charge on any atom is 0.417 e. The second-order valence-corrected chi connectivity index (χ2v) is 6.47. The van der Waals surface area contributed by atoms with Gasteiger partial charge in [0, 0.05) is 17.4 Å². The highest BCUT2D eigenvalue weighted by Gasteiger charge is 2.33. The van der Waals surface area contributed by atoms with Crippen molar-refractivity contribution in [2.45, 2.75) is 13.1 Å². The molecule has 0 spiro atoms. The van der Waals surface area contributed by atoms with Crippen molar-refractivity contribution < 1.29 is 27.5 Å². The van der Waals surface area contributed by atoms with Crippen LogP contribution in [0.4, 0.5) is 18.9 Å². The predicted molar refractivity (Wildman–Crippen MR) is 106 cm³/mol. The minimum absolute atomic E-state index is 0.0979. The molecule has 1 aromatic carbocycles. The lowest BCUT2D eigenvalue weighted by molar-refractivity contribution is -0.137. The Morgan fingerprint density at radius 1 is 1.19 bits per heavy atom. The number of benzene rings is 1. The van der Waals surface area contributed by atoms with E-state index in [0.717, 1.165) is 0 Å². The zero-order valence-electron chi connectivity index (χ0n) is 16.4. The maximum atomic E-state index is 13.2. The van der Waals surface area contributed by atoms with Gasteiger partial charge in [-0.2, -0.15) is 18.4 Å². The van der Waals surface area contributed by atoms with Crippen LogP contribution in [0.3, 0.4) is 0 Å². The van der Waals surface area contributed by atoms with E-state index in [2.05, 4.69) is 15.3 Å². The number of aromatic nitrogens is 2. The Bertz CT molecular complexity index is 1250. The standard InChI is InChI=1S/C21H14F3N5O3/c1-11-17(6-5-15(9-25)28-11)32-20-16(8-13(10-27-20)21(22,23)24)19(31)29-14-4-2-3-12(7-14)18(26)30/h2-8,10H,1H3,(H2,26,30)(H,29,31). The van der Waals surface area contributed by atoms with Crippen molar-refractivity contribution in [3.05, 3.63) is 76.7 Å². The van der Waals surface area contributed by atoms with E-state index < -0.39 is 35.0 Å². The van der Waals surface area contributed by atoms with Crippen LogP contribution in [0.15, 0.2) is 48.7 Å². The van der Waals surface area contributed by atoms with Gasteiger partial charge in [-0.1, -0.05) is 6.07 Å². The normalized spacial score (nSPS) is 10.8. The topological polar surface area (TPSA) is 131 Å². The van der Waals surface area contributed by atoms with E-state index in [1.807, 2.05) is 6.07 Å². The van der Waals surface area contributed by atoms with Crippen LogP contribution in [-0.2, 0) is 6.18 Å². The van der Waals surface area contributed by atoms with Crippen LogP contribution in [0.2, 0.25) is 0 Å². The monoisotopic (exact) mass is 441 g/mol. The van der Waals surface area contributed by atoms with E-state index in [0.29, 0.717) is 12.3 Å². The lowest BCUT2D eigenvalue weighted by Gasteiger charge is -2.14. The zero-order chi connectivity index (χ0) is 23.5. The number of halogens is 3. The second kappa shape index (κ2) is 8.73. The number of primary amides is 1. The molecule has 0 unspecified atom stereocenters. The lowest BCUT2D eigenvalue weighted by atomic mass is 10.1. The largest absolute Gasteiger partial charge is 0.436 e. The maximum absolute atomic E-state index is 13.2. The van der Waals surface area contributed by atoms with Crippen LogP contribution in [0.25, 0.3) is 0 Å². The quantitative estimate of drug-likeness (QED) is 0.619. The summed E-state index contributed by atoms with van der Waals surface area (Å²) in [4.78, 5) is 31.8. The van der Waals surface area contributed by atoms with E-state index in [9.17, 15) is 22.8 Å². The second-order valence-electron chi connectivity index (χ2n) is 6.47. The van der Waals surface area contributed by atoms with Crippen LogP contribution in [-0.4, -0.2) is 21.8 Å². The first-order chi connectivity index (χ1) is 15.1. The first kappa shape index (κ1) is 22.2. The van der Waals surface area contributed by atoms with Crippen LogP contribution in [0, 0.1) is 18.3 Å². The number of hydrogen-bond acceptors (Lipinski definition) is 6.